The molecule has 0 amide bonds. The van der Waals surface area contributed by atoms with Crippen LogP contribution < -0.4 is 4.74 Å². The van der Waals surface area contributed by atoms with Gasteiger partial charge in [-0.2, -0.15) is 4.98 Å². The third kappa shape index (κ3) is 3.97. The lowest BCUT2D eigenvalue weighted by molar-refractivity contribution is 0.294. The maximum Gasteiger partial charge on any atom is 0.218 e. The Morgan fingerprint density at radius 3 is 2.56 bits per heavy atom. The summed E-state index contributed by atoms with van der Waals surface area (Å²) in [4.78, 5) is 8.57. The van der Waals surface area contributed by atoms with Crippen molar-refractivity contribution in [3.05, 3.63) is 17.0 Å². The molecule has 1 aromatic rings. The first kappa shape index (κ1) is 13.2. The molecule has 4 heteroatoms. The van der Waals surface area contributed by atoms with Crippen molar-refractivity contribution in [1.29, 1.82) is 0 Å². The van der Waals surface area contributed by atoms with Crippen molar-refractivity contribution in [3.8, 4) is 5.88 Å². The summed E-state index contributed by atoms with van der Waals surface area (Å²) in [5.74, 6) is 1.28. The second-order valence-electron chi connectivity index (χ2n) is 4.80. The highest BCUT2D eigenvalue weighted by molar-refractivity contribution is 6.29. The summed E-state index contributed by atoms with van der Waals surface area (Å²) < 4.78 is 5.53. The molecule has 0 saturated carbocycles. The van der Waals surface area contributed by atoms with Gasteiger partial charge in [0.25, 0.3) is 0 Å². The molecule has 16 heavy (non-hydrogen) atoms. The highest BCUT2D eigenvalue weighted by Crippen LogP contribution is 2.23. The number of unbranched alkanes of at least 4 members (excludes halogenated alkanes) is 1. The molecule has 1 aromatic heterocycles. The van der Waals surface area contributed by atoms with Crippen LogP contribution in [0.5, 0.6) is 5.88 Å². The molecular formula is C12H19ClN2O. The van der Waals surface area contributed by atoms with E-state index in [1.54, 1.807) is 6.07 Å². The molecule has 0 spiro atoms. The van der Waals surface area contributed by atoms with Gasteiger partial charge in [0.2, 0.25) is 5.88 Å². The van der Waals surface area contributed by atoms with E-state index in [0.29, 0.717) is 23.5 Å². The van der Waals surface area contributed by atoms with Gasteiger partial charge in [-0.1, -0.05) is 45.7 Å². The van der Waals surface area contributed by atoms with E-state index in [4.69, 9.17) is 16.3 Å². The van der Waals surface area contributed by atoms with Crippen molar-refractivity contribution in [1.82, 2.24) is 9.97 Å². The number of nitrogens with zero attached hydrogens (tertiary/aromatic N) is 2. The second kappa shape index (κ2) is 5.48. The summed E-state index contributed by atoms with van der Waals surface area (Å²) in [7, 11) is 0. The van der Waals surface area contributed by atoms with Crippen LogP contribution in [0.4, 0.5) is 0 Å². The first-order valence-electron chi connectivity index (χ1n) is 5.61. The van der Waals surface area contributed by atoms with Gasteiger partial charge in [-0.25, -0.2) is 4.98 Å². The first-order valence-corrected chi connectivity index (χ1v) is 5.99. The molecule has 0 aliphatic carbocycles. The number of ether oxygens (including phenoxy) is 1. The van der Waals surface area contributed by atoms with Crippen LogP contribution in [0.2, 0.25) is 5.15 Å². The molecule has 90 valence electrons. The highest BCUT2D eigenvalue weighted by Gasteiger charge is 2.19. The molecule has 0 N–H and O–H groups in total. The van der Waals surface area contributed by atoms with Crippen molar-refractivity contribution in [3.63, 3.8) is 0 Å². The third-order valence-electron chi connectivity index (χ3n) is 2.09. The Balaban J connectivity index is 2.82. The summed E-state index contributed by atoms with van der Waals surface area (Å²) in [6.45, 7) is 8.95. The van der Waals surface area contributed by atoms with Crippen molar-refractivity contribution in [2.24, 2.45) is 0 Å². The van der Waals surface area contributed by atoms with Crippen LogP contribution in [0.3, 0.4) is 0 Å². The SMILES string of the molecule is CCCCOc1cc(Cl)nc(C(C)(C)C)n1. The molecule has 0 fully saturated rings. The van der Waals surface area contributed by atoms with Gasteiger partial charge in [-0.3, -0.25) is 0 Å². The molecular weight excluding hydrogens is 224 g/mol. The zero-order valence-corrected chi connectivity index (χ0v) is 11.1. The summed E-state index contributed by atoms with van der Waals surface area (Å²) >= 11 is 5.94. The van der Waals surface area contributed by atoms with Crippen LogP contribution in [0.1, 0.15) is 46.4 Å². The summed E-state index contributed by atoms with van der Waals surface area (Å²) in [6.07, 6.45) is 2.12. The molecule has 0 unspecified atom stereocenters. The fraction of sp³-hybridized carbons (Fsp3) is 0.667. The van der Waals surface area contributed by atoms with Gasteiger partial charge in [0, 0.05) is 11.5 Å². The lowest BCUT2D eigenvalue weighted by Gasteiger charge is -2.17. The van der Waals surface area contributed by atoms with Crippen LogP contribution in [0, 0.1) is 0 Å². The highest BCUT2D eigenvalue weighted by atomic mass is 35.5. The van der Waals surface area contributed by atoms with E-state index in [1.165, 1.54) is 0 Å². The van der Waals surface area contributed by atoms with Crippen LogP contribution in [-0.2, 0) is 5.41 Å². The van der Waals surface area contributed by atoms with Crippen molar-refractivity contribution >= 4 is 11.6 Å². The second-order valence-corrected chi connectivity index (χ2v) is 5.19. The summed E-state index contributed by atoms with van der Waals surface area (Å²) in [5.41, 5.74) is -0.117. The Bertz CT molecular complexity index is 347. The van der Waals surface area contributed by atoms with Crippen LogP contribution in [-0.4, -0.2) is 16.6 Å². The van der Waals surface area contributed by atoms with E-state index >= 15 is 0 Å². The number of hydrogen-bond acceptors (Lipinski definition) is 3. The van der Waals surface area contributed by atoms with E-state index in [9.17, 15) is 0 Å². The number of hydrogen-bond donors (Lipinski definition) is 0. The minimum atomic E-state index is -0.117. The molecule has 0 aliphatic heterocycles. The topological polar surface area (TPSA) is 35.0 Å². The maximum absolute atomic E-state index is 5.94. The number of rotatable bonds is 4. The van der Waals surface area contributed by atoms with E-state index in [2.05, 4.69) is 37.7 Å². The van der Waals surface area contributed by atoms with Gasteiger partial charge in [0.05, 0.1) is 6.61 Å². The minimum absolute atomic E-state index is 0.117. The lowest BCUT2D eigenvalue weighted by atomic mass is 9.96. The Morgan fingerprint density at radius 2 is 2.00 bits per heavy atom. The van der Waals surface area contributed by atoms with Crippen LogP contribution in [0.15, 0.2) is 6.07 Å². The lowest BCUT2D eigenvalue weighted by Crippen LogP contribution is -2.16. The largest absolute Gasteiger partial charge is 0.478 e. The van der Waals surface area contributed by atoms with Crippen LogP contribution in [0.25, 0.3) is 0 Å². The minimum Gasteiger partial charge on any atom is -0.478 e. The Hall–Kier alpha value is -0.830. The third-order valence-corrected chi connectivity index (χ3v) is 2.28. The molecule has 0 aliphatic rings. The normalized spacial score (nSPS) is 11.6. The zero-order valence-electron chi connectivity index (χ0n) is 10.4. The van der Waals surface area contributed by atoms with Gasteiger partial charge >= 0.3 is 0 Å². The molecule has 3 nitrogen and oxygen atoms in total. The van der Waals surface area contributed by atoms with Crippen LogP contribution >= 0.6 is 11.6 Å². The number of aromatic nitrogens is 2. The van der Waals surface area contributed by atoms with Crippen molar-refractivity contribution in [2.45, 2.75) is 46.0 Å². The monoisotopic (exact) mass is 242 g/mol. The Kier molecular flexibility index (Phi) is 4.54. The molecule has 1 heterocycles. The van der Waals surface area contributed by atoms with Gasteiger partial charge in [-0.05, 0) is 6.42 Å². The molecule has 1 rings (SSSR count). The standard InChI is InChI=1S/C12H19ClN2O/c1-5-6-7-16-10-8-9(13)14-11(15-10)12(2,3)4/h8H,5-7H2,1-4H3. The van der Waals surface area contributed by atoms with E-state index in [1.807, 2.05) is 0 Å². The Morgan fingerprint density at radius 1 is 1.31 bits per heavy atom. The molecule has 0 bridgehead atoms. The van der Waals surface area contributed by atoms with Gasteiger partial charge < -0.3 is 4.74 Å². The van der Waals surface area contributed by atoms with E-state index in [-0.39, 0.29) is 5.41 Å². The van der Waals surface area contributed by atoms with E-state index in [0.717, 1.165) is 12.8 Å². The quantitative estimate of drug-likeness (QED) is 0.598. The van der Waals surface area contributed by atoms with Crippen molar-refractivity contribution in [2.75, 3.05) is 6.61 Å². The molecule has 0 aromatic carbocycles. The fourth-order valence-electron chi connectivity index (χ4n) is 1.13. The number of halogens is 1. The molecule has 0 saturated heterocycles. The zero-order chi connectivity index (χ0) is 12.2. The van der Waals surface area contributed by atoms with Gasteiger partial charge in [0.15, 0.2) is 0 Å². The summed E-state index contributed by atoms with van der Waals surface area (Å²) in [5, 5.41) is 0.437. The predicted molar refractivity (Wildman–Crippen MR) is 66.1 cm³/mol. The maximum atomic E-state index is 5.94. The fourth-order valence-corrected chi connectivity index (χ4v) is 1.30. The predicted octanol–water partition coefficient (Wildman–Crippen LogP) is 3.61. The molecule has 0 radical (unpaired) electrons. The van der Waals surface area contributed by atoms with E-state index < -0.39 is 0 Å². The smallest absolute Gasteiger partial charge is 0.218 e. The Labute approximate surface area is 102 Å². The van der Waals surface area contributed by atoms with Gasteiger partial charge in [0.1, 0.15) is 11.0 Å². The molecule has 0 atom stereocenters. The van der Waals surface area contributed by atoms with Gasteiger partial charge in [-0.15, -0.1) is 0 Å². The van der Waals surface area contributed by atoms with Crippen molar-refractivity contribution < 1.29 is 4.74 Å². The average Bonchev–Trinajstić information content (AvgIpc) is 2.16. The first-order chi connectivity index (χ1) is 7.43. The average molecular weight is 243 g/mol. The summed E-state index contributed by atoms with van der Waals surface area (Å²) in [6, 6.07) is 1.66.